The number of benzodiazepines with no additional fused rings is 1. The van der Waals surface area contributed by atoms with E-state index in [1.807, 2.05) is 56.3 Å². The topological polar surface area (TPSA) is 41.5 Å². The van der Waals surface area contributed by atoms with Gasteiger partial charge in [-0.2, -0.15) is 0 Å². The average molecular weight is 313 g/mol. The molecule has 3 nitrogen and oxygen atoms in total. The van der Waals surface area contributed by atoms with Crippen LogP contribution in [-0.4, -0.2) is 17.7 Å². The van der Waals surface area contributed by atoms with E-state index in [2.05, 4.69) is 5.32 Å². The summed E-state index contributed by atoms with van der Waals surface area (Å²) in [4.78, 5) is 17.2. The molecule has 1 atom stereocenters. The average Bonchev–Trinajstić information content (AvgIpc) is 2.64. The Hall–Kier alpha value is -2.13. The number of carbonyl (C=O) groups is 1. The molecule has 3 rings (SSSR count). The van der Waals surface area contributed by atoms with Crippen molar-refractivity contribution in [3.05, 3.63) is 64.7 Å². The van der Waals surface area contributed by atoms with Crippen molar-refractivity contribution in [2.45, 2.75) is 19.9 Å². The highest BCUT2D eigenvalue weighted by Gasteiger charge is 2.28. The maximum absolute atomic E-state index is 12.4. The number of amides is 1. The summed E-state index contributed by atoms with van der Waals surface area (Å²) in [5.41, 5.74) is 3.39. The summed E-state index contributed by atoms with van der Waals surface area (Å²) in [7, 11) is 0. The first kappa shape index (κ1) is 14.8. The lowest BCUT2D eigenvalue weighted by atomic mass is 10.00. The van der Waals surface area contributed by atoms with E-state index in [4.69, 9.17) is 16.6 Å². The maximum Gasteiger partial charge on any atom is 0.249 e. The number of anilines is 1. The van der Waals surface area contributed by atoms with Crippen molar-refractivity contribution in [2.75, 3.05) is 5.32 Å². The number of benzene rings is 2. The Morgan fingerprint density at radius 3 is 2.55 bits per heavy atom. The van der Waals surface area contributed by atoms with Gasteiger partial charge in [-0.1, -0.05) is 55.8 Å². The van der Waals surface area contributed by atoms with E-state index in [0.29, 0.717) is 5.02 Å². The Morgan fingerprint density at radius 1 is 1.14 bits per heavy atom. The van der Waals surface area contributed by atoms with Gasteiger partial charge in [0.1, 0.15) is 6.04 Å². The van der Waals surface area contributed by atoms with E-state index in [1.54, 1.807) is 6.07 Å². The predicted molar refractivity (Wildman–Crippen MR) is 90.8 cm³/mol. The molecule has 2 aromatic carbocycles. The Labute approximate surface area is 135 Å². The Kier molecular flexibility index (Phi) is 3.99. The second-order valence-corrected chi connectivity index (χ2v) is 6.15. The fraction of sp³-hybridized carbons (Fsp3) is 0.222. The first-order chi connectivity index (χ1) is 10.6. The molecule has 0 spiro atoms. The minimum Gasteiger partial charge on any atom is -0.324 e. The van der Waals surface area contributed by atoms with Gasteiger partial charge < -0.3 is 5.32 Å². The molecule has 0 aromatic heterocycles. The van der Waals surface area contributed by atoms with E-state index < -0.39 is 6.04 Å². The fourth-order valence-corrected chi connectivity index (χ4v) is 2.75. The minimum atomic E-state index is -0.415. The van der Waals surface area contributed by atoms with Gasteiger partial charge >= 0.3 is 0 Å². The minimum absolute atomic E-state index is 0.0792. The van der Waals surface area contributed by atoms with Crippen molar-refractivity contribution < 1.29 is 4.79 Å². The molecule has 0 radical (unpaired) electrons. The number of fused-ring (bicyclic) bond motifs is 1. The van der Waals surface area contributed by atoms with Gasteiger partial charge in [-0.25, -0.2) is 0 Å². The Bertz CT molecular complexity index is 738. The van der Waals surface area contributed by atoms with Gasteiger partial charge in [0.15, 0.2) is 0 Å². The molecule has 0 fully saturated rings. The monoisotopic (exact) mass is 312 g/mol. The number of rotatable bonds is 2. The first-order valence-electron chi connectivity index (χ1n) is 7.30. The van der Waals surface area contributed by atoms with Gasteiger partial charge in [0.05, 0.1) is 11.4 Å². The summed E-state index contributed by atoms with van der Waals surface area (Å²) < 4.78 is 0. The molecule has 1 amide bonds. The highest BCUT2D eigenvalue weighted by molar-refractivity contribution is 6.32. The molecule has 1 N–H and O–H groups in total. The van der Waals surface area contributed by atoms with E-state index >= 15 is 0 Å². The molecule has 1 aliphatic heterocycles. The number of nitrogens with one attached hydrogen (secondary N) is 1. The lowest BCUT2D eigenvalue weighted by molar-refractivity contribution is -0.118. The zero-order valence-corrected chi connectivity index (χ0v) is 13.3. The van der Waals surface area contributed by atoms with Crippen molar-refractivity contribution in [3.8, 4) is 0 Å². The van der Waals surface area contributed by atoms with Crippen LogP contribution < -0.4 is 5.32 Å². The van der Waals surface area contributed by atoms with Gasteiger partial charge in [0.25, 0.3) is 0 Å². The van der Waals surface area contributed by atoms with Gasteiger partial charge in [-0.15, -0.1) is 0 Å². The number of hydrogen-bond acceptors (Lipinski definition) is 2. The van der Waals surface area contributed by atoms with Crippen molar-refractivity contribution in [1.82, 2.24) is 0 Å². The second kappa shape index (κ2) is 5.93. The van der Waals surface area contributed by atoms with Gasteiger partial charge in [-0.3, -0.25) is 9.79 Å². The van der Waals surface area contributed by atoms with E-state index in [0.717, 1.165) is 22.5 Å². The molecule has 1 aliphatic rings. The molecule has 2 aromatic rings. The smallest absolute Gasteiger partial charge is 0.249 e. The molecular formula is C18H17ClN2O. The van der Waals surface area contributed by atoms with Crippen LogP contribution >= 0.6 is 11.6 Å². The van der Waals surface area contributed by atoms with E-state index in [-0.39, 0.29) is 11.8 Å². The van der Waals surface area contributed by atoms with Crippen molar-refractivity contribution in [1.29, 1.82) is 0 Å². The molecule has 0 saturated carbocycles. The maximum atomic E-state index is 12.4. The molecule has 0 aliphatic carbocycles. The van der Waals surface area contributed by atoms with Crippen LogP contribution in [0.1, 0.15) is 25.0 Å². The van der Waals surface area contributed by atoms with Crippen LogP contribution in [0.4, 0.5) is 5.69 Å². The largest absolute Gasteiger partial charge is 0.324 e. The van der Waals surface area contributed by atoms with Crippen LogP contribution in [-0.2, 0) is 4.79 Å². The van der Waals surface area contributed by atoms with Crippen LogP contribution in [0, 0.1) is 5.92 Å². The van der Waals surface area contributed by atoms with Gasteiger partial charge in [-0.05, 0) is 24.1 Å². The number of carbonyl (C=O) groups excluding carboxylic acids is 1. The summed E-state index contributed by atoms with van der Waals surface area (Å²) in [6.07, 6.45) is 0. The summed E-state index contributed by atoms with van der Waals surface area (Å²) in [5, 5.41) is 3.59. The normalized spacial score (nSPS) is 17.5. The summed E-state index contributed by atoms with van der Waals surface area (Å²) in [5.74, 6) is 0.0352. The molecular weight excluding hydrogens is 296 g/mol. The zero-order valence-electron chi connectivity index (χ0n) is 12.5. The van der Waals surface area contributed by atoms with Crippen molar-refractivity contribution >= 4 is 28.9 Å². The molecule has 1 heterocycles. The SMILES string of the molecule is CC(C)[C@H]1N=C(c2ccccc2)c2cc(Cl)ccc2NC1=O. The highest BCUT2D eigenvalue weighted by atomic mass is 35.5. The van der Waals surface area contributed by atoms with Crippen LogP contribution in [0.15, 0.2) is 53.5 Å². The summed E-state index contributed by atoms with van der Waals surface area (Å²) in [6.45, 7) is 4.00. The molecule has 4 heteroatoms. The fourth-order valence-electron chi connectivity index (χ4n) is 2.57. The Morgan fingerprint density at radius 2 is 1.86 bits per heavy atom. The van der Waals surface area contributed by atoms with E-state index in [9.17, 15) is 4.79 Å². The highest BCUT2D eigenvalue weighted by Crippen LogP contribution is 2.28. The second-order valence-electron chi connectivity index (χ2n) is 5.71. The standard InChI is InChI=1S/C18H17ClN2O/c1-11(2)16-18(22)20-15-9-8-13(19)10-14(15)17(21-16)12-6-4-3-5-7-12/h3-11,16H,1-2H3,(H,20,22)/t16-/m1/s1. The number of hydrogen-bond donors (Lipinski definition) is 1. The van der Waals surface area contributed by atoms with Crippen LogP contribution in [0.3, 0.4) is 0 Å². The molecule has 22 heavy (non-hydrogen) atoms. The van der Waals surface area contributed by atoms with Crippen LogP contribution in [0.25, 0.3) is 0 Å². The number of aliphatic imine (C=N–C) groups is 1. The lowest BCUT2D eigenvalue weighted by Crippen LogP contribution is -2.30. The van der Waals surface area contributed by atoms with Gasteiger partial charge in [0, 0.05) is 16.1 Å². The molecule has 0 unspecified atom stereocenters. The first-order valence-corrected chi connectivity index (χ1v) is 7.68. The summed E-state index contributed by atoms with van der Waals surface area (Å²) in [6, 6.07) is 14.9. The van der Waals surface area contributed by atoms with Crippen molar-refractivity contribution in [2.24, 2.45) is 10.9 Å². The number of halogens is 1. The van der Waals surface area contributed by atoms with Crippen LogP contribution in [0.2, 0.25) is 5.02 Å². The quantitative estimate of drug-likeness (QED) is 0.889. The Balaban J connectivity index is 2.23. The molecule has 0 saturated heterocycles. The third-order valence-corrected chi connectivity index (χ3v) is 3.95. The van der Waals surface area contributed by atoms with E-state index in [1.165, 1.54) is 0 Å². The predicted octanol–water partition coefficient (Wildman–Crippen LogP) is 4.15. The lowest BCUT2D eigenvalue weighted by Gasteiger charge is -2.14. The van der Waals surface area contributed by atoms with Crippen LogP contribution in [0.5, 0.6) is 0 Å². The van der Waals surface area contributed by atoms with Crippen molar-refractivity contribution in [3.63, 3.8) is 0 Å². The third-order valence-electron chi connectivity index (χ3n) is 3.71. The summed E-state index contributed by atoms with van der Waals surface area (Å²) >= 11 is 6.15. The molecule has 112 valence electrons. The molecule has 0 bridgehead atoms. The zero-order chi connectivity index (χ0) is 15.7. The number of nitrogens with zero attached hydrogens (tertiary/aromatic N) is 1. The van der Waals surface area contributed by atoms with Gasteiger partial charge in [0.2, 0.25) is 5.91 Å². The third kappa shape index (κ3) is 2.77.